The normalized spacial score (nSPS) is 10.4. The van der Waals surface area contributed by atoms with Gasteiger partial charge in [-0.1, -0.05) is 43.2 Å². The first-order chi connectivity index (χ1) is 11.1. The number of carbonyl (C=O) groups excluding carboxylic acids is 1. The van der Waals surface area contributed by atoms with Crippen LogP contribution in [0.4, 0.5) is 5.95 Å². The molecule has 2 aromatic rings. The summed E-state index contributed by atoms with van der Waals surface area (Å²) >= 11 is 0. The second kappa shape index (κ2) is 8.27. The smallest absolute Gasteiger partial charge is 0.254 e. The summed E-state index contributed by atoms with van der Waals surface area (Å²) in [6.07, 6.45) is 5.38. The Morgan fingerprint density at radius 1 is 1.17 bits per heavy atom. The second-order valence-corrected chi connectivity index (χ2v) is 5.72. The van der Waals surface area contributed by atoms with E-state index in [9.17, 15) is 4.79 Å². The maximum Gasteiger partial charge on any atom is 0.254 e. The van der Waals surface area contributed by atoms with Crippen molar-refractivity contribution in [1.29, 1.82) is 0 Å². The third-order valence-corrected chi connectivity index (χ3v) is 3.66. The van der Waals surface area contributed by atoms with Gasteiger partial charge in [0.05, 0.1) is 5.56 Å². The van der Waals surface area contributed by atoms with Crippen molar-refractivity contribution in [2.45, 2.75) is 33.2 Å². The summed E-state index contributed by atoms with van der Waals surface area (Å²) in [4.78, 5) is 22.7. The molecule has 1 aromatic carbocycles. The molecule has 5 nitrogen and oxygen atoms in total. The molecule has 0 saturated carbocycles. The lowest BCUT2D eigenvalue weighted by Gasteiger charge is -2.16. The Morgan fingerprint density at radius 3 is 2.43 bits per heavy atom. The Balaban J connectivity index is 1.90. The lowest BCUT2D eigenvalue weighted by atomic mass is 10.1. The van der Waals surface area contributed by atoms with Gasteiger partial charge in [-0.3, -0.25) is 4.79 Å². The predicted octanol–water partition coefficient (Wildman–Crippen LogP) is 2.95. The van der Waals surface area contributed by atoms with Crippen molar-refractivity contribution in [3.63, 3.8) is 0 Å². The van der Waals surface area contributed by atoms with Gasteiger partial charge < -0.3 is 10.2 Å². The lowest BCUT2D eigenvalue weighted by Crippen LogP contribution is -2.24. The number of nitrogens with zero attached hydrogens (tertiary/aromatic N) is 3. The zero-order valence-electron chi connectivity index (χ0n) is 14.0. The average Bonchev–Trinajstić information content (AvgIpc) is 2.59. The van der Waals surface area contributed by atoms with E-state index in [2.05, 4.69) is 22.2 Å². The molecule has 122 valence electrons. The van der Waals surface area contributed by atoms with Gasteiger partial charge in [0.2, 0.25) is 5.95 Å². The van der Waals surface area contributed by atoms with E-state index >= 15 is 0 Å². The Labute approximate surface area is 137 Å². The van der Waals surface area contributed by atoms with E-state index in [1.54, 1.807) is 12.4 Å². The van der Waals surface area contributed by atoms with Gasteiger partial charge in [0.25, 0.3) is 5.91 Å². The quantitative estimate of drug-likeness (QED) is 0.854. The second-order valence-electron chi connectivity index (χ2n) is 5.72. The molecule has 1 N–H and O–H groups in total. The van der Waals surface area contributed by atoms with E-state index in [-0.39, 0.29) is 5.91 Å². The molecule has 5 heteroatoms. The SMILES string of the molecule is CCCCN(C)c1ncc(C(=O)NCc2ccc(C)cc2)cn1. The fraction of sp³-hybridized carbons (Fsp3) is 0.389. The Kier molecular flexibility index (Phi) is 6.09. The zero-order valence-corrected chi connectivity index (χ0v) is 14.0. The third kappa shape index (κ3) is 5.06. The number of nitrogens with one attached hydrogen (secondary N) is 1. The molecule has 1 amide bonds. The number of hydrogen-bond donors (Lipinski definition) is 1. The molecule has 23 heavy (non-hydrogen) atoms. The number of carbonyl (C=O) groups is 1. The monoisotopic (exact) mass is 312 g/mol. The molecular formula is C18H24N4O. The molecule has 0 saturated heterocycles. The van der Waals surface area contributed by atoms with Crippen molar-refractivity contribution in [1.82, 2.24) is 15.3 Å². The number of benzene rings is 1. The van der Waals surface area contributed by atoms with Crippen LogP contribution in [0.1, 0.15) is 41.3 Å². The van der Waals surface area contributed by atoms with Crippen LogP contribution in [-0.2, 0) is 6.54 Å². The first-order valence-electron chi connectivity index (χ1n) is 7.97. The fourth-order valence-electron chi connectivity index (χ4n) is 2.12. The van der Waals surface area contributed by atoms with Crippen molar-refractivity contribution in [3.8, 4) is 0 Å². The van der Waals surface area contributed by atoms with Crippen LogP contribution in [0.5, 0.6) is 0 Å². The van der Waals surface area contributed by atoms with E-state index in [0.717, 1.165) is 24.9 Å². The number of unbranched alkanes of at least 4 members (excludes halogenated alkanes) is 1. The van der Waals surface area contributed by atoms with Crippen LogP contribution >= 0.6 is 0 Å². The van der Waals surface area contributed by atoms with E-state index in [1.807, 2.05) is 43.1 Å². The van der Waals surface area contributed by atoms with E-state index in [1.165, 1.54) is 5.56 Å². The van der Waals surface area contributed by atoms with Crippen molar-refractivity contribution in [2.75, 3.05) is 18.5 Å². The molecule has 0 aliphatic rings. The minimum Gasteiger partial charge on any atom is -0.348 e. The largest absolute Gasteiger partial charge is 0.348 e. The summed E-state index contributed by atoms with van der Waals surface area (Å²) in [5, 5.41) is 2.89. The van der Waals surface area contributed by atoms with Crippen molar-refractivity contribution in [3.05, 3.63) is 53.3 Å². The number of hydrogen-bond acceptors (Lipinski definition) is 4. The average molecular weight is 312 g/mol. The van der Waals surface area contributed by atoms with Crippen LogP contribution in [0.2, 0.25) is 0 Å². The van der Waals surface area contributed by atoms with Crippen LogP contribution in [0.3, 0.4) is 0 Å². The van der Waals surface area contributed by atoms with Gasteiger partial charge in [-0.15, -0.1) is 0 Å². The summed E-state index contributed by atoms with van der Waals surface area (Å²) in [7, 11) is 1.96. The molecule has 0 spiro atoms. The minimum atomic E-state index is -0.159. The highest BCUT2D eigenvalue weighted by Gasteiger charge is 2.09. The molecular weight excluding hydrogens is 288 g/mol. The molecule has 0 aliphatic heterocycles. The predicted molar refractivity (Wildman–Crippen MR) is 92.6 cm³/mol. The zero-order chi connectivity index (χ0) is 16.7. The van der Waals surface area contributed by atoms with E-state index in [0.29, 0.717) is 18.1 Å². The summed E-state index contributed by atoms with van der Waals surface area (Å²) in [5.41, 5.74) is 2.75. The summed E-state index contributed by atoms with van der Waals surface area (Å²) in [5.74, 6) is 0.488. The van der Waals surface area contributed by atoms with Crippen LogP contribution < -0.4 is 10.2 Å². The number of amides is 1. The van der Waals surface area contributed by atoms with Crippen LogP contribution in [0.15, 0.2) is 36.7 Å². The lowest BCUT2D eigenvalue weighted by molar-refractivity contribution is 0.0950. The van der Waals surface area contributed by atoms with E-state index in [4.69, 9.17) is 0 Å². The molecule has 0 atom stereocenters. The van der Waals surface area contributed by atoms with Crippen LogP contribution in [0.25, 0.3) is 0 Å². The number of aryl methyl sites for hydroxylation is 1. The minimum absolute atomic E-state index is 0.159. The molecule has 0 radical (unpaired) electrons. The molecule has 0 aliphatic carbocycles. The van der Waals surface area contributed by atoms with Gasteiger partial charge in [0.1, 0.15) is 0 Å². The number of aromatic nitrogens is 2. The summed E-state index contributed by atoms with van der Waals surface area (Å²) in [6.45, 7) is 5.60. The van der Waals surface area contributed by atoms with Crippen LogP contribution in [0, 0.1) is 6.92 Å². The van der Waals surface area contributed by atoms with Crippen molar-refractivity contribution < 1.29 is 4.79 Å². The Bertz CT molecular complexity index is 622. The third-order valence-electron chi connectivity index (χ3n) is 3.66. The fourth-order valence-corrected chi connectivity index (χ4v) is 2.12. The first-order valence-corrected chi connectivity index (χ1v) is 7.97. The highest BCUT2D eigenvalue weighted by Crippen LogP contribution is 2.07. The molecule has 0 bridgehead atoms. The first kappa shape index (κ1) is 16.9. The maximum absolute atomic E-state index is 12.1. The molecule has 1 aromatic heterocycles. The molecule has 1 heterocycles. The maximum atomic E-state index is 12.1. The van der Waals surface area contributed by atoms with Gasteiger partial charge in [0, 0.05) is 32.5 Å². The standard InChI is InChI=1S/C18H24N4O/c1-4-5-10-22(3)18-20-12-16(13-21-18)17(23)19-11-15-8-6-14(2)7-9-15/h6-9,12-13H,4-5,10-11H2,1-3H3,(H,19,23). The number of anilines is 1. The van der Waals surface area contributed by atoms with Gasteiger partial charge in [-0.2, -0.15) is 0 Å². The molecule has 0 fully saturated rings. The van der Waals surface area contributed by atoms with Gasteiger partial charge >= 0.3 is 0 Å². The highest BCUT2D eigenvalue weighted by atomic mass is 16.1. The van der Waals surface area contributed by atoms with E-state index < -0.39 is 0 Å². The molecule has 0 unspecified atom stereocenters. The van der Waals surface area contributed by atoms with Gasteiger partial charge in [0.15, 0.2) is 0 Å². The topological polar surface area (TPSA) is 58.1 Å². The van der Waals surface area contributed by atoms with Gasteiger partial charge in [-0.25, -0.2) is 9.97 Å². The van der Waals surface area contributed by atoms with Crippen molar-refractivity contribution in [2.24, 2.45) is 0 Å². The Morgan fingerprint density at radius 2 is 1.83 bits per heavy atom. The van der Waals surface area contributed by atoms with Crippen molar-refractivity contribution >= 4 is 11.9 Å². The van der Waals surface area contributed by atoms with Gasteiger partial charge in [-0.05, 0) is 18.9 Å². The van der Waals surface area contributed by atoms with Crippen LogP contribution in [-0.4, -0.2) is 29.5 Å². The highest BCUT2D eigenvalue weighted by molar-refractivity contribution is 5.93. The summed E-state index contributed by atoms with van der Waals surface area (Å²) in [6, 6.07) is 8.09. The molecule has 2 rings (SSSR count). The summed E-state index contributed by atoms with van der Waals surface area (Å²) < 4.78 is 0. The number of rotatable bonds is 7. The Hall–Kier alpha value is -2.43.